The van der Waals surface area contributed by atoms with Crippen LogP contribution in [0.5, 0.6) is 0 Å². The number of aryl methyl sites for hydroxylation is 1. The lowest BCUT2D eigenvalue weighted by molar-refractivity contribution is 0.0303. The maximum Gasteiger partial charge on any atom is 0.319 e. The number of morpholine rings is 1. The molecule has 1 aromatic heterocycles. The van der Waals surface area contributed by atoms with Gasteiger partial charge in [0.2, 0.25) is 0 Å². The van der Waals surface area contributed by atoms with Gasteiger partial charge in [0.25, 0.3) is 5.91 Å². The highest BCUT2D eigenvalue weighted by Gasteiger charge is 2.21. The van der Waals surface area contributed by atoms with Crippen LogP contribution in [-0.2, 0) is 18.3 Å². The molecule has 11 nitrogen and oxygen atoms in total. The summed E-state index contributed by atoms with van der Waals surface area (Å²) >= 11 is 0. The number of carbonyl (C=O) groups excluding carboxylic acids is 2. The van der Waals surface area contributed by atoms with Crippen LogP contribution in [-0.4, -0.2) is 88.4 Å². The molecule has 2 aromatic carbocycles. The highest BCUT2D eigenvalue weighted by Crippen LogP contribution is 2.24. The number of tetrazole rings is 1. The van der Waals surface area contributed by atoms with Crippen LogP contribution in [0.3, 0.4) is 0 Å². The monoisotopic (exact) mass is 524 g/mol. The number of rotatable bonds is 10. The lowest BCUT2D eigenvalue weighted by Gasteiger charge is -2.27. The third-order valence-corrected chi connectivity index (χ3v) is 6.23. The fraction of sp³-hybridized carbons (Fsp3) is 0.423. The summed E-state index contributed by atoms with van der Waals surface area (Å²) < 4.78 is 19.9. The Hall–Kier alpha value is -3.90. The number of ether oxygens (including phenoxy) is 1. The molecule has 2 heterocycles. The van der Waals surface area contributed by atoms with Crippen molar-refractivity contribution in [1.82, 2.24) is 35.3 Å². The van der Waals surface area contributed by atoms with Crippen molar-refractivity contribution in [2.75, 3.05) is 51.8 Å². The average molecular weight is 525 g/mol. The van der Waals surface area contributed by atoms with E-state index < -0.39 is 0 Å². The van der Waals surface area contributed by atoms with Crippen molar-refractivity contribution in [2.24, 2.45) is 7.05 Å². The summed E-state index contributed by atoms with van der Waals surface area (Å²) in [6.07, 6.45) is 1.69. The zero-order valence-corrected chi connectivity index (χ0v) is 21.7. The van der Waals surface area contributed by atoms with Crippen LogP contribution >= 0.6 is 0 Å². The smallest absolute Gasteiger partial charge is 0.319 e. The molecule has 0 aliphatic carbocycles. The molecule has 0 spiro atoms. The molecule has 1 fully saturated rings. The zero-order valence-electron chi connectivity index (χ0n) is 21.7. The van der Waals surface area contributed by atoms with E-state index in [-0.39, 0.29) is 17.8 Å². The molecular formula is C26H33FN8O3. The normalized spacial score (nSPS) is 13.5. The van der Waals surface area contributed by atoms with Gasteiger partial charge in [-0.05, 0) is 72.8 Å². The second-order valence-electron chi connectivity index (χ2n) is 9.28. The molecular weight excluding hydrogens is 491 g/mol. The van der Waals surface area contributed by atoms with Crippen LogP contribution < -0.4 is 10.6 Å². The first-order chi connectivity index (χ1) is 18.4. The Balaban J connectivity index is 1.30. The van der Waals surface area contributed by atoms with E-state index in [1.165, 1.54) is 16.8 Å². The number of benzene rings is 2. The highest BCUT2D eigenvalue weighted by atomic mass is 19.1. The largest absolute Gasteiger partial charge is 0.378 e. The summed E-state index contributed by atoms with van der Waals surface area (Å²) in [5, 5.41) is 17.3. The lowest BCUT2D eigenvalue weighted by atomic mass is 10.1. The fourth-order valence-electron chi connectivity index (χ4n) is 4.24. The van der Waals surface area contributed by atoms with Crippen LogP contribution in [0.25, 0.3) is 11.4 Å². The number of urea groups is 1. The first-order valence-corrected chi connectivity index (χ1v) is 12.6. The number of aromatic nitrogens is 4. The Morgan fingerprint density at radius 2 is 1.87 bits per heavy atom. The molecule has 4 rings (SSSR count). The van der Waals surface area contributed by atoms with Crippen LogP contribution in [0.15, 0.2) is 42.5 Å². The minimum atomic E-state index is -0.359. The van der Waals surface area contributed by atoms with E-state index >= 15 is 0 Å². The Morgan fingerprint density at radius 1 is 1.11 bits per heavy atom. The molecule has 0 radical (unpaired) electrons. The minimum absolute atomic E-state index is 0.140. The van der Waals surface area contributed by atoms with E-state index in [1.807, 2.05) is 7.05 Å². The highest BCUT2D eigenvalue weighted by molar-refractivity contribution is 5.98. The van der Waals surface area contributed by atoms with Gasteiger partial charge in [-0.25, -0.2) is 13.9 Å². The van der Waals surface area contributed by atoms with E-state index in [4.69, 9.17) is 4.74 Å². The van der Waals surface area contributed by atoms with Gasteiger partial charge in [0.1, 0.15) is 5.82 Å². The number of unbranched alkanes of at least 4 members (excludes halogenated alkanes) is 1. The Morgan fingerprint density at radius 3 is 2.58 bits per heavy atom. The Labute approximate surface area is 220 Å². The fourth-order valence-corrected chi connectivity index (χ4v) is 4.24. The number of hydrogen-bond donors (Lipinski definition) is 2. The van der Waals surface area contributed by atoms with Gasteiger partial charge in [0.15, 0.2) is 5.82 Å². The molecule has 0 saturated carbocycles. The molecule has 3 aromatic rings. The van der Waals surface area contributed by atoms with E-state index in [1.54, 1.807) is 42.3 Å². The van der Waals surface area contributed by atoms with Crippen LogP contribution in [0, 0.1) is 5.82 Å². The van der Waals surface area contributed by atoms with Gasteiger partial charge in [-0.3, -0.25) is 4.79 Å². The molecule has 3 amide bonds. The lowest BCUT2D eigenvalue weighted by Crippen LogP contribution is -2.40. The molecule has 1 aliphatic rings. The van der Waals surface area contributed by atoms with Gasteiger partial charge in [-0.1, -0.05) is 12.1 Å². The van der Waals surface area contributed by atoms with Crippen molar-refractivity contribution in [3.63, 3.8) is 0 Å². The predicted molar refractivity (Wildman–Crippen MR) is 140 cm³/mol. The van der Waals surface area contributed by atoms with Crippen molar-refractivity contribution in [2.45, 2.75) is 19.4 Å². The second kappa shape index (κ2) is 13.1. The molecule has 1 aliphatic heterocycles. The molecule has 38 heavy (non-hydrogen) atoms. The van der Waals surface area contributed by atoms with E-state index in [9.17, 15) is 14.0 Å². The summed E-state index contributed by atoms with van der Waals surface area (Å²) in [7, 11) is 3.72. The number of anilines is 1. The van der Waals surface area contributed by atoms with Gasteiger partial charge >= 0.3 is 6.03 Å². The Bertz CT molecular complexity index is 1230. The summed E-state index contributed by atoms with van der Waals surface area (Å²) in [6, 6.07) is 11.3. The first-order valence-electron chi connectivity index (χ1n) is 12.6. The molecule has 0 atom stereocenters. The third-order valence-electron chi connectivity index (χ3n) is 6.23. The van der Waals surface area contributed by atoms with E-state index in [0.717, 1.165) is 31.5 Å². The second-order valence-corrected chi connectivity index (χ2v) is 9.28. The quantitative estimate of drug-likeness (QED) is 0.392. The van der Waals surface area contributed by atoms with Crippen molar-refractivity contribution >= 4 is 17.6 Å². The van der Waals surface area contributed by atoms with Gasteiger partial charge < -0.3 is 25.2 Å². The topological polar surface area (TPSA) is 118 Å². The molecule has 2 N–H and O–H groups in total. The predicted octanol–water partition coefficient (Wildman–Crippen LogP) is 2.52. The van der Waals surface area contributed by atoms with Gasteiger partial charge in [-0.15, -0.1) is 5.10 Å². The molecule has 202 valence electrons. The number of nitrogens with zero attached hydrogens (tertiary/aromatic N) is 6. The summed E-state index contributed by atoms with van der Waals surface area (Å²) in [5.74, 6) is 0.103. The van der Waals surface area contributed by atoms with Crippen molar-refractivity contribution < 1.29 is 18.7 Å². The van der Waals surface area contributed by atoms with Crippen molar-refractivity contribution in [3.8, 4) is 11.4 Å². The molecule has 0 unspecified atom stereocenters. The number of nitrogens with one attached hydrogen (secondary N) is 2. The van der Waals surface area contributed by atoms with Gasteiger partial charge in [-0.2, -0.15) is 0 Å². The van der Waals surface area contributed by atoms with Crippen LogP contribution in [0.4, 0.5) is 14.9 Å². The summed E-state index contributed by atoms with van der Waals surface area (Å²) in [5.41, 5.74) is 2.58. The standard InChI is InChI=1S/C26H33FN8O3/c1-33(18-19-5-7-22(27)8-6-19)10-4-3-9-28-26(37)29-23-16-20(24-30-31-32-34(24)2)15-21(17-23)25(36)35-11-13-38-14-12-35/h5-8,15-17H,3-4,9-14,18H2,1-2H3,(H2,28,29,37). The van der Waals surface area contributed by atoms with Crippen LogP contribution in [0.2, 0.25) is 0 Å². The number of halogens is 1. The number of amides is 3. The maximum atomic E-state index is 13.1. The zero-order chi connectivity index (χ0) is 26.9. The van der Waals surface area contributed by atoms with Gasteiger partial charge in [0.05, 0.1) is 13.2 Å². The van der Waals surface area contributed by atoms with Crippen molar-refractivity contribution in [1.29, 1.82) is 0 Å². The SMILES string of the molecule is CN(CCCCNC(=O)Nc1cc(C(=O)N2CCOCC2)cc(-c2nnnn2C)c1)Cc1ccc(F)cc1. The Kier molecular flexibility index (Phi) is 9.33. The van der Waals surface area contributed by atoms with Crippen LogP contribution in [0.1, 0.15) is 28.8 Å². The third kappa shape index (κ3) is 7.56. The number of carbonyl (C=O) groups is 2. The van der Waals surface area contributed by atoms with Crippen molar-refractivity contribution in [3.05, 3.63) is 59.4 Å². The molecule has 0 bridgehead atoms. The molecule has 1 saturated heterocycles. The summed E-state index contributed by atoms with van der Waals surface area (Å²) in [6.45, 7) is 4.09. The van der Waals surface area contributed by atoms with Gasteiger partial charge in [0, 0.05) is 50.0 Å². The maximum absolute atomic E-state index is 13.1. The van der Waals surface area contributed by atoms with E-state index in [0.29, 0.717) is 55.5 Å². The molecule has 12 heteroatoms. The minimum Gasteiger partial charge on any atom is -0.378 e. The summed E-state index contributed by atoms with van der Waals surface area (Å²) in [4.78, 5) is 29.6. The number of hydrogen-bond acceptors (Lipinski definition) is 7. The average Bonchev–Trinajstić information content (AvgIpc) is 3.35. The first kappa shape index (κ1) is 27.1. The van der Waals surface area contributed by atoms with E-state index in [2.05, 4.69) is 31.1 Å².